The molecule has 0 heterocycles. The van der Waals surface area contributed by atoms with Crippen molar-refractivity contribution in [2.45, 2.75) is 42.4 Å². The third-order valence-electron chi connectivity index (χ3n) is 4.46. The molecule has 2 aromatic rings. The van der Waals surface area contributed by atoms with Crippen molar-refractivity contribution in [3.05, 3.63) is 45.6 Å². The van der Waals surface area contributed by atoms with Crippen molar-refractivity contribution in [1.82, 2.24) is 0 Å². The van der Waals surface area contributed by atoms with E-state index in [0.29, 0.717) is 36.7 Å². The molecule has 0 radical (unpaired) electrons. The van der Waals surface area contributed by atoms with E-state index >= 15 is 0 Å². The first-order valence-electron chi connectivity index (χ1n) is 8.12. The van der Waals surface area contributed by atoms with Crippen LogP contribution in [0.2, 0.25) is 0 Å². The van der Waals surface area contributed by atoms with Gasteiger partial charge in [-0.05, 0) is 130 Å². The van der Waals surface area contributed by atoms with Crippen molar-refractivity contribution in [2.75, 3.05) is 0 Å². The van der Waals surface area contributed by atoms with Gasteiger partial charge in [0.05, 0.1) is 4.90 Å². The van der Waals surface area contributed by atoms with Crippen molar-refractivity contribution in [3.8, 4) is 5.75 Å². The highest BCUT2D eigenvalue weighted by atomic mass is 127. The van der Waals surface area contributed by atoms with Crippen LogP contribution >= 0.6 is 67.8 Å². The molecule has 0 aromatic heterocycles. The molecule has 1 aliphatic rings. The summed E-state index contributed by atoms with van der Waals surface area (Å²) in [7, 11) is -8.81. The van der Waals surface area contributed by atoms with E-state index in [-0.39, 0.29) is 15.5 Å². The summed E-state index contributed by atoms with van der Waals surface area (Å²) < 4.78 is 68.7. The van der Waals surface area contributed by atoms with Gasteiger partial charge >= 0.3 is 10.1 Å². The minimum absolute atomic E-state index is 0.0880. The Balaban J connectivity index is 2.20. The van der Waals surface area contributed by atoms with Crippen LogP contribution in [0.1, 0.15) is 29.5 Å². The minimum Gasteiger partial charge on any atom is -0.744 e. The van der Waals surface area contributed by atoms with Crippen LogP contribution in [0.25, 0.3) is 0 Å². The smallest absolute Gasteiger partial charge is 0.341 e. The molecule has 1 aliphatic carbocycles. The highest BCUT2D eigenvalue weighted by molar-refractivity contribution is 14.1. The van der Waals surface area contributed by atoms with Gasteiger partial charge in [0, 0.05) is 16.3 Å². The second-order valence-electron chi connectivity index (χ2n) is 6.35. The predicted octanol–water partition coefficient (Wildman–Crippen LogP) is 4.36. The molecule has 28 heavy (non-hydrogen) atoms. The summed E-state index contributed by atoms with van der Waals surface area (Å²) in [5.41, 5.74) is 1.19. The zero-order valence-electron chi connectivity index (χ0n) is 14.5. The molecule has 0 saturated carbocycles. The maximum absolute atomic E-state index is 13.1. The molecule has 3 rings (SSSR count). The summed E-state index contributed by atoms with van der Waals surface area (Å²) >= 11 is 5.98. The molecule has 0 fully saturated rings. The third kappa shape index (κ3) is 4.48. The minimum atomic E-state index is -4.66. The molecule has 6 nitrogen and oxygen atoms in total. The Hall–Kier alpha value is 0.290. The van der Waals surface area contributed by atoms with Crippen LogP contribution in [-0.2, 0) is 33.1 Å². The monoisotopic (exact) mass is 759 g/mol. The molecule has 0 amide bonds. The normalized spacial score (nSPS) is 14.6. The topological polar surface area (TPSA) is 101 Å². The van der Waals surface area contributed by atoms with Gasteiger partial charge in [0.2, 0.25) is 0 Å². The summed E-state index contributed by atoms with van der Waals surface area (Å²) in [6.07, 6.45) is 2.37. The van der Waals surface area contributed by atoms with Crippen LogP contribution in [0.15, 0.2) is 28.0 Å². The third-order valence-corrected chi connectivity index (χ3v) is 11.4. The molecule has 152 valence electrons. The molecule has 0 aliphatic heterocycles. The van der Waals surface area contributed by atoms with E-state index < -0.39 is 20.2 Å². The van der Waals surface area contributed by atoms with Gasteiger partial charge in [0.25, 0.3) is 0 Å². The van der Waals surface area contributed by atoms with Gasteiger partial charge in [-0.3, -0.25) is 0 Å². The van der Waals surface area contributed by atoms with Gasteiger partial charge in [0.15, 0.2) is 0 Å². The molecule has 2 aromatic carbocycles. The lowest BCUT2D eigenvalue weighted by atomic mass is 9.89. The van der Waals surface area contributed by atoms with E-state index in [1.807, 2.05) is 51.2 Å². The van der Waals surface area contributed by atoms with E-state index in [9.17, 15) is 21.4 Å². The number of rotatable bonds is 4. The number of benzene rings is 2. The summed E-state index contributed by atoms with van der Waals surface area (Å²) in [6, 6.07) is 4.75. The SMILES string of the molecule is Cc1cc(S(=O)(=O)[O-])c2c(c1OS(=O)(=O)c1c(I)ccc(I)c1I)CCCC2. The molecule has 0 N–H and O–H groups in total. The van der Waals surface area contributed by atoms with Gasteiger partial charge in [-0.1, -0.05) is 0 Å². The van der Waals surface area contributed by atoms with Gasteiger partial charge in [0.1, 0.15) is 20.8 Å². The van der Waals surface area contributed by atoms with Crippen LogP contribution in [0.4, 0.5) is 0 Å². The second-order valence-corrected chi connectivity index (χ2v) is 12.6. The quantitative estimate of drug-likeness (QED) is 0.199. The van der Waals surface area contributed by atoms with Crippen molar-refractivity contribution in [2.24, 2.45) is 0 Å². The average Bonchev–Trinajstić information content (AvgIpc) is 2.59. The fourth-order valence-electron chi connectivity index (χ4n) is 3.24. The number of halogens is 3. The van der Waals surface area contributed by atoms with Crippen molar-refractivity contribution in [3.63, 3.8) is 0 Å². The van der Waals surface area contributed by atoms with Gasteiger partial charge in [-0.25, -0.2) is 8.42 Å². The molecule has 0 unspecified atom stereocenters. The summed E-state index contributed by atoms with van der Waals surface area (Å²) in [6.45, 7) is 1.55. The molecular formula is C17H14I3O6S2-. The highest BCUT2D eigenvalue weighted by Gasteiger charge is 2.29. The Bertz CT molecular complexity index is 1170. The number of aryl methyl sites for hydroxylation is 1. The fourth-order valence-corrected chi connectivity index (χ4v) is 8.95. The standard InChI is InChI=1S/C17H15I3O6S2/c1-9-8-14(27(21,22)23)10-4-2-3-5-11(10)16(9)26-28(24,25)17-13(19)7-6-12(18)15(17)20/h6-8H,2-5H2,1H3,(H,21,22,23)/p-1. The fraction of sp³-hybridized carbons (Fsp3) is 0.294. The van der Waals surface area contributed by atoms with E-state index in [2.05, 4.69) is 22.6 Å². The van der Waals surface area contributed by atoms with Gasteiger partial charge in [-0.2, -0.15) is 8.42 Å². The molecular weight excluding hydrogens is 745 g/mol. The first kappa shape index (κ1) is 23.0. The van der Waals surface area contributed by atoms with Crippen molar-refractivity contribution >= 4 is 88.0 Å². The van der Waals surface area contributed by atoms with Crippen LogP contribution in [0.5, 0.6) is 5.75 Å². The maximum atomic E-state index is 13.1. The number of fused-ring (bicyclic) bond motifs is 1. The highest BCUT2D eigenvalue weighted by Crippen LogP contribution is 2.39. The van der Waals surface area contributed by atoms with E-state index in [1.165, 1.54) is 6.07 Å². The predicted molar refractivity (Wildman–Crippen MR) is 128 cm³/mol. The number of hydrogen-bond acceptors (Lipinski definition) is 6. The van der Waals surface area contributed by atoms with Gasteiger partial charge < -0.3 is 8.74 Å². The van der Waals surface area contributed by atoms with Crippen molar-refractivity contribution < 1.29 is 25.6 Å². The molecule has 11 heteroatoms. The zero-order chi connectivity index (χ0) is 20.9. The lowest BCUT2D eigenvalue weighted by Crippen LogP contribution is -2.18. The maximum Gasteiger partial charge on any atom is 0.341 e. The largest absolute Gasteiger partial charge is 0.744 e. The lowest BCUT2D eigenvalue weighted by molar-refractivity contribution is 0.459. The van der Waals surface area contributed by atoms with E-state index in [4.69, 9.17) is 4.18 Å². The first-order valence-corrected chi connectivity index (χ1v) is 14.2. The van der Waals surface area contributed by atoms with Crippen LogP contribution in [0.3, 0.4) is 0 Å². The van der Waals surface area contributed by atoms with Crippen LogP contribution < -0.4 is 4.18 Å². The second kappa shape index (κ2) is 8.43. The lowest BCUT2D eigenvalue weighted by Gasteiger charge is -2.25. The Morgan fingerprint density at radius 2 is 1.54 bits per heavy atom. The summed E-state index contributed by atoms with van der Waals surface area (Å²) in [5.74, 6) is 0.132. The summed E-state index contributed by atoms with van der Waals surface area (Å²) in [5, 5.41) is 0. The Labute approximate surface area is 205 Å². The van der Waals surface area contributed by atoms with E-state index in [0.717, 1.165) is 16.4 Å². The van der Waals surface area contributed by atoms with Gasteiger partial charge in [-0.15, -0.1) is 0 Å². The molecule has 0 atom stereocenters. The molecule has 0 bridgehead atoms. The Kier molecular flexibility index (Phi) is 6.92. The van der Waals surface area contributed by atoms with E-state index in [1.54, 1.807) is 13.0 Å². The number of hydrogen-bond donors (Lipinski definition) is 0. The Morgan fingerprint density at radius 3 is 2.14 bits per heavy atom. The zero-order valence-corrected chi connectivity index (χ0v) is 22.6. The van der Waals surface area contributed by atoms with Crippen LogP contribution in [0, 0.1) is 17.6 Å². The molecule has 0 saturated heterocycles. The van der Waals surface area contributed by atoms with Crippen molar-refractivity contribution in [1.29, 1.82) is 0 Å². The van der Waals surface area contributed by atoms with Crippen LogP contribution in [-0.4, -0.2) is 21.4 Å². The first-order chi connectivity index (χ1) is 12.9. The summed E-state index contributed by atoms with van der Waals surface area (Å²) in [4.78, 5) is -0.187. The average molecular weight is 759 g/mol. The molecule has 0 spiro atoms. The Morgan fingerprint density at radius 1 is 0.964 bits per heavy atom.